The van der Waals surface area contributed by atoms with Crippen molar-refractivity contribution >= 4 is 17.3 Å². The molecule has 19 heavy (non-hydrogen) atoms. The Morgan fingerprint density at radius 2 is 1.21 bits per heavy atom. The van der Waals surface area contributed by atoms with E-state index in [2.05, 4.69) is 0 Å². The predicted octanol–water partition coefficient (Wildman–Crippen LogP) is 3.02. The van der Waals surface area contributed by atoms with E-state index >= 15 is 0 Å². The second-order valence-corrected chi connectivity index (χ2v) is 7.58. The van der Waals surface area contributed by atoms with Crippen LogP contribution in [-0.2, 0) is 14.4 Å². The average molecular weight is 262 g/mol. The lowest BCUT2D eigenvalue weighted by Crippen LogP contribution is -2.34. The van der Waals surface area contributed by atoms with Gasteiger partial charge in [0, 0.05) is 25.7 Å². The highest BCUT2D eigenvalue weighted by atomic mass is 16.2. The first kappa shape index (κ1) is 14.2. The van der Waals surface area contributed by atoms with Crippen molar-refractivity contribution in [1.29, 1.82) is 0 Å². The van der Waals surface area contributed by atoms with Crippen LogP contribution in [0.3, 0.4) is 0 Å². The maximum Gasteiger partial charge on any atom is 0.166 e. The Hall–Kier alpha value is -1.25. The number of hydrogen-bond acceptors (Lipinski definition) is 3. The van der Waals surface area contributed by atoms with Gasteiger partial charge in [0.2, 0.25) is 0 Å². The molecule has 0 radical (unpaired) electrons. The summed E-state index contributed by atoms with van der Waals surface area (Å²) < 4.78 is 0. The molecule has 2 saturated carbocycles. The van der Waals surface area contributed by atoms with Crippen LogP contribution in [0.15, 0.2) is 11.1 Å². The Morgan fingerprint density at radius 1 is 0.737 bits per heavy atom. The van der Waals surface area contributed by atoms with Gasteiger partial charge in [-0.3, -0.25) is 14.4 Å². The smallest absolute Gasteiger partial charge is 0.166 e. The lowest BCUT2D eigenvalue weighted by Gasteiger charge is -2.34. The van der Waals surface area contributed by atoms with Gasteiger partial charge < -0.3 is 0 Å². The molecule has 2 rings (SSSR count). The van der Waals surface area contributed by atoms with Gasteiger partial charge in [0.25, 0.3) is 0 Å². The summed E-state index contributed by atoms with van der Waals surface area (Å²) in [6, 6.07) is 0. The normalized spacial score (nSPS) is 26.8. The van der Waals surface area contributed by atoms with E-state index in [0.29, 0.717) is 31.3 Å². The predicted molar refractivity (Wildman–Crippen MR) is 72.7 cm³/mol. The Morgan fingerprint density at radius 3 is 1.68 bits per heavy atom. The van der Waals surface area contributed by atoms with Gasteiger partial charge in [0.1, 0.15) is 5.78 Å². The van der Waals surface area contributed by atoms with Gasteiger partial charge in [0.15, 0.2) is 11.6 Å². The fourth-order valence-corrected chi connectivity index (χ4v) is 3.37. The standard InChI is InChI=1S/C16H22O3/c1-15(2)6-10(5-11(17)7-15)14-12(18)8-16(3,4)9-13(14)19/h5-9H2,1-4H3. The largest absolute Gasteiger partial charge is 0.299 e. The van der Waals surface area contributed by atoms with Crippen LogP contribution in [0.1, 0.15) is 59.8 Å². The molecule has 2 aliphatic carbocycles. The van der Waals surface area contributed by atoms with Crippen molar-refractivity contribution in [1.82, 2.24) is 0 Å². The molecule has 104 valence electrons. The van der Waals surface area contributed by atoms with Gasteiger partial charge in [-0.25, -0.2) is 0 Å². The molecule has 0 aromatic heterocycles. The molecule has 3 heteroatoms. The molecule has 0 aliphatic heterocycles. The summed E-state index contributed by atoms with van der Waals surface area (Å²) >= 11 is 0. The van der Waals surface area contributed by atoms with E-state index in [1.54, 1.807) is 0 Å². The highest BCUT2D eigenvalue weighted by Crippen LogP contribution is 2.41. The van der Waals surface area contributed by atoms with Gasteiger partial charge in [-0.05, 0) is 22.8 Å². The average Bonchev–Trinajstić information content (AvgIpc) is 2.09. The summed E-state index contributed by atoms with van der Waals surface area (Å²) in [5, 5.41) is 0. The third kappa shape index (κ3) is 3.02. The minimum atomic E-state index is -0.244. The molecule has 0 N–H and O–H groups in total. The van der Waals surface area contributed by atoms with E-state index in [1.165, 1.54) is 0 Å². The number of hydrogen-bond donors (Lipinski definition) is 0. The Bertz CT molecular complexity index is 470. The third-order valence-electron chi connectivity index (χ3n) is 3.97. The van der Waals surface area contributed by atoms with Crippen molar-refractivity contribution in [3.8, 4) is 0 Å². The number of carbonyl (C=O) groups excluding carboxylic acids is 3. The molecule has 0 aromatic carbocycles. The molecule has 0 amide bonds. The van der Waals surface area contributed by atoms with E-state index < -0.39 is 0 Å². The summed E-state index contributed by atoms with van der Waals surface area (Å²) in [5.41, 5.74) is 0.754. The maximum absolute atomic E-state index is 12.2. The summed E-state index contributed by atoms with van der Waals surface area (Å²) in [7, 11) is 0. The summed E-state index contributed by atoms with van der Waals surface area (Å²) in [6.45, 7) is 7.93. The van der Waals surface area contributed by atoms with Crippen LogP contribution in [0.5, 0.6) is 0 Å². The van der Waals surface area contributed by atoms with E-state index in [9.17, 15) is 14.4 Å². The molecule has 0 heterocycles. The van der Waals surface area contributed by atoms with Crippen molar-refractivity contribution in [2.75, 3.05) is 0 Å². The zero-order valence-electron chi connectivity index (χ0n) is 12.3. The molecule has 2 aliphatic rings. The molecule has 0 spiro atoms. The lowest BCUT2D eigenvalue weighted by atomic mass is 9.68. The van der Waals surface area contributed by atoms with Crippen LogP contribution < -0.4 is 0 Å². The Balaban J connectivity index is 2.38. The first-order valence-electron chi connectivity index (χ1n) is 6.90. The SMILES string of the molecule is CC1(C)CC(=O)C(=C2CC(=O)CC(C)(C)C2)C(=O)C1. The van der Waals surface area contributed by atoms with Crippen molar-refractivity contribution in [3.63, 3.8) is 0 Å². The van der Waals surface area contributed by atoms with E-state index in [4.69, 9.17) is 0 Å². The summed E-state index contributed by atoms with van der Waals surface area (Å²) in [5.74, 6) is 0.00711. The molecule has 3 nitrogen and oxygen atoms in total. The number of Topliss-reactive ketones (excluding diaryl/α,β-unsaturated/α-hetero) is 3. The summed E-state index contributed by atoms with van der Waals surface area (Å²) in [6.07, 6.45) is 2.33. The molecular weight excluding hydrogens is 240 g/mol. The molecule has 0 atom stereocenters. The lowest BCUT2D eigenvalue weighted by molar-refractivity contribution is -0.127. The highest BCUT2D eigenvalue weighted by molar-refractivity contribution is 6.23. The van der Waals surface area contributed by atoms with Crippen LogP contribution in [0.25, 0.3) is 0 Å². The molecule has 0 aromatic rings. The molecule has 2 fully saturated rings. The van der Waals surface area contributed by atoms with Gasteiger partial charge in [-0.2, -0.15) is 0 Å². The number of rotatable bonds is 0. The second kappa shape index (κ2) is 4.39. The Labute approximate surface area is 114 Å². The zero-order chi connectivity index (χ0) is 14.4. The molecule has 0 unspecified atom stereocenters. The fraction of sp³-hybridized carbons (Fsp3) is 0.688. The zero-order valence-corrected chi connectivity index (χ0v) is 12.3. The monoisotopic (exact) mass is 262 g/mol. The quantitative estimate of drug-likeness (QED) is 0.498. The van der Waals surface area contributed by atoms with Gasteiger partial charge in [-0.1, -0.05) is 27.7 Å². The van der Waals surface area contributed by atoms with Crippen LogP contribution in [-0.4, -0.2) is 17.3 Å². The Kier molecular flexibility index (Phi) is 3.28. The van der Waals surface area contributed by atoms with Crippen molar-refractivity contribution < 1.29 is 14.4 Å². The molecular formula is C16H22O3. The van der Waals surface area contributed by atoms with Crippen molar-refractivity contribution in [2.45, 2.75) is 59.8 Å². The van der Waals surface area contributed by atoms with Crippen LogP contribution >= 0.6 is 0 Å². The van der Waals surface area contributed by atoms with Crippen molar-refractivity contribution in [3.05, 3.63) is 11.1 Å². The van der Waals surface area contributed by atoms with Gasteiger partial charge in [0.05, 0.1) is 5.57 Å². The molecule has 0 saturated heterocycles. The van der Waals surface area contributed by atoms with Crippen molar-refractivity contribution in [2.24, 2.45) is 10.8 Å². The minimum Gasteiger partial charge on any atom is -0.299 e. The second-order valence-electron chi connectivity index (χ2n) is 7.58. The van der Waals surface area contributed by atoms with Gasteiger partial charge in [-0.15, -0.1) is 0 Å². The van der Waals surface area contributed by atoms with Gasteiger partial charge >= 0.3 is 0 Å². The number of carbonyl (C=O) groups is 3. The van der Waals surface area contributed by atoms with Crippen LogP contribution in [0.2, 0.25) is 0 Å². The minimum absolute atomic E-state index is 0.0678. The fourth-order valence-electron chi connectivity index (χ4n) is 3.37. The van der Waals surface area contributed by atoms with Crippen LogP contribution in [0, 0.1) is 10.8 Å². The maximum atomic E-state index is 12.2. The first-order chi connectivity index (χ1) is 8.60. The number of ketones is 3. The van der Waals surface area contributed by atoms with Crippen LogP contribution in [0.4, 0.5) is 0 Å². The third-order valence-corrected chi connectivity index (χ3v) is 3.97. The molecule has 0 bridgehead atoms. The van der Waals surface area contributed by atoms with E-state index in [1.807, 2.05) is 27.7 Å². The van der Waals surface area contributed by atoms with E-state index in [-0.39, 0.29) is 34.6 Å². The number of allylic oxidation sites excluding steroid dienone is 2. The highest BCUT2D eigenvalue weighted by Gasteiger charge is 2.40. The first-order valence-corrected chi connectivity index (χ1v) is 6.90. The van der Waals surface area contributed by atoms with E-state index in [0.717, 1.165) is 5.57 Å². The topological polar surface area (TPSA) is 51.2 Å². The summed E-state index contributed by atoms with van der Waals surface area (Å²) in [4.78, 5) is 36.3.